The Hall–Kier alpha value is -1.63. The first-order valence-corrected chi connectivity index (χ1v) is 7.18. The molecule has 1 rings (SSSR count). The van der Waals surface area contributed by atoms with E-state index >= 15 is 0 Å². The molecule has 0 saturated carbocycles. The molecule has 0 bridgehead atoms. The summed E-state index contributed by atoms with van der Waals surface area (Å²) in [6.45, 7) is 2.34. The van der Waals surface area contributed by atoms with E-state index in [1.54, 1.807) is 21.1 Å². The van der Waals surface area contributed by atoms with Crippen molar-refractivity contribution in [3.8, 4) is 5.75 Å². The van der Waals surface area contributed by atoms with Gasteiger partial charge in [-0.15, -0.1) is 0 Å². The Balaban J connectivity index is 2.30. The van der Waals surface area contributed by atoms with E-state index in [4.69, 9.17) is 14.3 Å². The number of carbonyl (C=O) groups is 1. The molecule has 1 N–H and O–H groups in total. The second kappa shape index (κ2) is 9.40. The highest BCUT2D eigenvalue weighted by Gasteiger charge is 2.20. The van der Waals surface area contributed by atoms with Gasteiger partial charge in [0.1, 0.15) is 5.75 Å². The van der Waals surface area contributed by atoms with Crippen LogP contribution in [-0.2, 0) is 21.0 Å². The topological polar surface area (TPSA) is 68.2 Å². The van der Waals surface area contributed by atoms with E-state index in [0.29, 0.717) is 13.0 Å². The van der Waals surface area contributed by atoms with Gasteiger partial charge in [0.2, 0.25) is 5.91 Å². The second-order valence-corrected chi connectivity index (χ2v) is 5.17. The Kier molecular flexibility index (Phi) is 7.87. The SMILES string of the molecule is COc1ccc(COC[C@H](O)C[C@H](C)C(=O)N(C)OC)cc1. The van der Waals surface area contributed by atoms with Crippen molar-refractivity contribution < 1.29 is 24.2 Å². The van der Waals surface area contributed by atoms with Crippen LogP contribution in [0.1, 0.15) is 18.9 Å². The normalized spacial score (nSPS) is 13.5. The Bertz CT molecular complexity index is 448. The zero-order valence-corrected chi connectivity index (χ0v) is 13.6. The van der Waals surface area contributed by atoms with Gasteiger partial charge in [-0.25, -0.2) is 5.06 Å². The minimum absolute atomic E-state index is 0.170. The van der Waals surface area contributed by atoms with Gasteiger partial charge in [0.15, 0.2) is 0 Å². The predicted molar refractivity (Wildman–Crippen MR) is 82.2 cm³/mol. The van der Waals surface area contributed by atoms with Crippen LogP contribution in [0, 0.1) is 5.92 Å². The van der Waals surface area contributed by atoms with Crippen molar-refractivity contribution in [2.75, 3.05) is 27.9 Å². The molecular weight excluding hydrogens is 286 g/mol. The van der Waals surface area contributed by atoms with Crippen LogP contribution in [0.3, 0.4) is 0 Å². The minimum atomic E-state index is -0.692. The number of hydrogen-bond donors (Lipinski definition) is 1. The first kappa shape index (κ1) is 18.4. The molecule has 1 aromatic rings. The van der Waals surface area contributed by atoms with Crippen molar-refractivity contribution in [3.05, 3.63) is 29.8 Å². The number of aliphatic hydroxyl groups is 1. The third-order valence-corrected chi connectivity index (χ3v) is 3.37. The number of ether oxygens (including phenoxy) is 2. The van der Waals surface area contributed by atoms with E-state index in [1.165, 1.54) is 7.11 Å². The number of aliphatic hydroxyl groups excluding tert-OH is 1. The molecule has 0 heterocycles. The summed E-state index contributed by atoms with van der Waals surface area (Å²) in [5, 5.41) is 11.1. The van der Waals surface area contributed by atoms with Gasteiger partial charge in [-0.05, 0) is 24.1 Å². The molecule has 0 aliphatic heterocycles. The lowest BCUT2D eigenvalue weighted by Gasteiger charge is -2.20. The Labute approximate surface area is 131 Å². The monoisotopic (exact) mass is 311 g/mol. The molecular formula is C16H25NO5. The largest absolute Gasteiger partial charge is 0.497 e. The standard InChI is InChI=1S/C16H25NO5/c1-12(16(19)17(2)21-4)9-14(18)11-22-10-13-5-7-15(20-3)8-6-13/h5-8,12,14,18H,9-11H2,1-4H3/t12-,14+/m0/s1. The number of amides is 1. The summed E-state index contributed by atoms with van der Waals surface area (Å²) in [5.74, 6) is 0.291. The molecule has 0 saturated heterocycles. The number of hydrogen-bond acceptors (Lipinski definition) is 5. The number of hydroxylamine groups is 2. The molecule has 0 spiro atoms. The van der Waals surface area contributed by atoms with Crippen molar-refractivity contribution in [3.63, 3.8) is 0 Å². The van der Waals surface area contributed by atoms with Crippen LogP contribution in [0.5, 0.6) is 5.75 Å². The maximum absolute atomic E-state index is 11.8. The minimum Gasteiger partial charge on any atom is -0.497 e. The molecule has 0 unspecified atom stereocenters. The van der Waals surface area contributed by atoms with E-state index in [2.05, 4.69) is 0 Å². The number of carbonyl (C=O) groups excluding carboxylic acids is 1. The maximum atomic E-state index is 11.8. The van der Waals surface area contributed by atoms with Crippen LogP contribution in [0.15, 0.2) is 24.3 Å². The van der Waals surface area contributed by atoms with Gasteiger partial charge in [-0.2, -0.15) is 0 Å². The third kappa shape index (κ3) is 6.01. The third-order valence-electron chi connectivity index (χ3n) is 3.37. The van der Waals surface area contributed by atoms with Crippen molar-refractivity contribution >= 4 is 5.91 Å². The smallest absolute Gasteiger partial charge is 0.248 e. The lowest BCUT2D eigenvalue weighted by Crippen LogP contribution is -2.33. The average molecular weight is 311 g/mol. The number of methoxy groups -OCH3 is 1. The van der Waals surface area contributed by atoms with Crippen molar-refractivity contribution in [2.45, 2.75) is 26.1 Å². The Morgan fingerprint density at radius 2 is 1.91 bits per heavy atom. The molecule has 1 amide bonds. The molecule has 0 fully saturated rings. The van der Waals surface area contributed by atoms with Crippen molar-refractivity contribution in [1.82, 2.24) is 5.06 Å². The van der Waals surface area contributed by atoms with Crippen LogP contribution in [0.25, 0.3) is 0 Å². The molecule has 2 atom stereocenters. The van der Waals surface area contributed by atoms with Gasteiger partial charge >= 0.3 is 0 Å². The summed E-state index contributed by atoms with van der Waals surface area (Å²) >= 11 is 0. The Morgan fingerprint density at radius 3 is 2.45 bits per heavy atom. The van der Waals surface area contributed by atoms with Crippen LogP contribution in [-0.4, -0.2) is 50.1 Å². The van der Waals surface area contributed by atoms with Gasteiger partial charge in [-0.1, -0.05) is 19.1 Å². The molecule has 22 heavy (non-hydrogen) atoms. The fraction of sp³-hybridized carbons (Fsp3) is 0.562. The number of rotatable bonds is 9. The van der Waals surface area contributed by atoms with Crippen LogP contribution in [0.4, 0.5) is 0 Å². The van der Waals surface area contributed by atoms with Crippen LogP contribution >= 0.6 is 0 Å². The molecule has 6 nitrogen and oxygen atoms in total. The summed E-state index contributed by atoms with van der Waals surface area (Å²) in [5.41, 5.74) is 0.997. The highest BCUT2D eigenvalue weighted by Crippen LogP contribution is 2.13. The van der Waals surface area contributed by atoms with Gasteiger partial charge < -0.3 is 14.6 Å². The lowest BCUT2D eigenvalue weighted by molar-refractivity contribution is -0.174. The van der Waals surface area contributed by atoms with E-state index in [9.17, 15) is 9.90 Å². The van der Waals surface area contributed by atoms with Gasteiger partial charge in [0, 0.05) is 13.0 Å². The van der Waals surface area contributed by atoms with E-state index in [0.717, 1.165) is 16.4 Å². The van der Waals surface area contributed by atoms with E-state index < -0.39 is 6.10 Å². The summed E-state index contributed by atoms with van der Waals surface area (Å²) < 4.78 is 10.6. The number of benzene rings is 1. The summed E-state index contributed by atoms with van der Waals surface area (Å²) in [7, 11) is 4.59. The van der Waals surface area contributed by atoms with E-state index in [1.807, 2.05) is 24.3 Å². The molecule has 0 aliphatic rings. The van der Waals surface area contributed by atoms with Gasteiger partial charge in [-0.3, -0.25) is 9.63 Å². The summed E-state index contributed by atoms with van der Waals surface area (Å²) in [4.78, 5) is 16.6. The first-order chi connectivity index (χ1) is 10.5. The van der Waals surface area contributed by atoms with Gasteiger partial charge in [0.25, 0.3) is 0 Å². The van der Waals surface area contributed by atoms with Gasteiger partial charge in [0.05, 0.1) is 33.5 Å². The quantitative estimate of drug-likeness (QED) is 0.702. The highest BCUT2D eigenvalue weighted by atomic mass is 16.7. The number of nitrogens with zero attached hydrogens (tertiary/aromatic N) is 1. The molecule has 0 aliphatic carbocycles. The molecule has 6 heteroatoms. The zero-order valence-electron chi connectivity index (χ0n) is 13.6. The zero-order chi connectivity index (χ0) is 16.5. The lowest BCUT2D eigenvalue weighted by atomic mass is 10.0. The fourth-order valence-corrected chi connectivity index (χ4v) is 2.01. The molecule has 0 radical (unpaired) electrons. The molecule has 0 aromatic heterocycles. The summed E-state index contributed by atoms with van der Waals surface area (Å²) in [6, 6.07) is 7.53. The molecule has 124 valence electrons. The second-order valence-electron chi connectivity index (χ2n) is 5.17. The van der Waals surface area contributed by atoms with Crippen LogP contribution < -0.4 is 4.74 Å². The Morgan fingerprint density at radius 1 is 1.27 bits per heavy atom. The summed E-state index contributed by atoms with van der Waals surface area (Å²) in [6.07, 6.45) is -0.364. The highest BCUT2D eigenvalue weighted by molar-refractivity contribution is 5.77. The fourth-order valence-electron chi connectivity index (χ4n) is 2.01. The predicted octanol–water partition coefficient (Wildman–Crippen LogP) is 1.62. The van der Waals surface area contributed by atoms with Crippen LogP contribution in [0.2, 0.25) is 0 Å². The van der Waals surface area contributed by atoms with Crippen molar-refractivity contribution in [2.24, 2.45) is 5.92 Å². The van der Waals surface area contributed by atoms with E-state index in [-0.39, 0.29) is 18.4 Å². The first-order valence-electron chi connectivity index (χ1n) is 7.18. The maximum Gasteiger partial charge on any atom is 0.248 e. The van der Waals surface area contributed by atoms with Crippen molar-refractivity contribution in [1.29, 1.82) is 0 Å². The molecule has 1 aromatic carbocycles. The average Bonchev–Trinajstić information content (AvgIpc) is 2.53.